The summed E-state index contributed by atoms with van der Waals surface area (Å²) in [6.45, 7) is 0.806. The zero-order valence-electron chi connectivity index (χ0n) is 11.1. The van der Waals surface area contributed by atoms with Crippen LogP contribution in [0.3, 0.4) is 0 Å². The Labute approximate surface area is 114 Å². The Bertz CT molecular complexity index is 616. The second-order valence-electron chi connectivity index (χ2n) is 5.28. The number of halogens is 3. The van der Waals surface area contributed by atoms with E-state index in [0.717, 1.165) is 12.7 Å². The van der Waals surface area contributed by atoms with Crippen molar-refractivity contribution in [2.24, 2.45) is 5.92 Å². The van der Waals surface area contributed by atoms with Gasteiger partial charge in [-0.2, -0.15) is 13.2 Å². The third-order valence-electron chi connectivity index (χ3n) is 3.77. The van der Waals surface area contributed by atoms with E-state index in [0.29, 0.717) is 11.7 Å². The summed E-state index contributed by atoms with van der Waals surface area (Å²) < 4.78 is 39.5. The van der Waals surface area contributed by atoms with Gasteiger partial charge in [-0.15, -0.1) is 0 Å². The van der Waals surface area contributed by atoms with Gasteiger partial charge in [-0.1, -0.05) is 6.42 Å². The van der Waals surface area contributed by atoms with Crippen molar-refractivity contribution in [2.45, 2.75) is 25.4 Å². The summed E-state index contributed by atoms with van der Waals surface area (Å²) in [5, 5.41) is 0. The average Bonchev–Trinajstić information content (AvgIpc) is 2.76. The number of anilines is 1. The third kappa shape index (κ3) is 2.32. The predicted molar refractivity (Wildman–Crippen MR) is 68.6 cm³/mol. The maximum absolute atomic E-state index is 12.7. The SMILES string of the molecule is CN(CC1CCC1)c1nccn2cc(C(F)(F)F)nc12. The Hall–Kier alpha value is -1.79. The van der Waals surface area contributed by atoms with Gasteiger partial charge < -0.3 is 9.30 Å². The molecule has 2 aromatic heterocycles. The van der Waals surface area contributed by atoms with Crippen LogP contribution in [0.5, 0.6) is 0 Å². The van der Waals surface area contributed by atoms with Gasteiger partial charge in [0.2, 0.25) is 0 Å². The highest BCUT2D eigenvalue weighted by atomic mass is 19.4. The molecule has 7 heteroatoms. The quantitative estimate of drug-likeness (QED) is 0.868. The minimum Gasteiger partial charge on any atom is -0.356 e. The van der Waals surface area contributed by atoms with E-state index in [1.54, 1.807) is 0 Å². The third-order valence-corrected chi connectivity index (χ3v) is 3.77. The minimum absolute atomic E-state index is 0.252. The van der Waals surface area contributed by atoms with Gasteiger partial charge >= 0.3 is 6.18 Å². The van der Waals surface area contributed by atoms with Crippen LogP contribution >= 0.6 is 0 Å². The van der Waals surface area contributed by atoms with Crippen LogP contribution in [0.25, 0.3) is 5.65 Å². The van der Waals surface area contributed by atoms with Crippen LogP contribution in [0, 0.1) is 5.92 Å². The molecule has 0 spiro atoms. The summed E-state index contributed by atoms with van der Waals surface area (Å²) in [7, 11) is 1.85. The van der Waals surface area contributed by atoms with Crippen LogP contribution < -0.4 is 4.90 Å². The number of imidazole rings is 1. The van der Waals surface area contributed by atoms with Crippen LogP contribution in [0.2, 0.25) is 0 Å². The van der Waals surface area contributed by atoms with Crippen LogP contribution in [-0.2, 0) is 6.18 Å². The molecule has 0 radical (unpaired) electrons. The first-order valence-corrected chi connectivity index (χ1v) is 6.57. The molecule has 20 heavy (non-hydrogen) atoms. The van der Waals surface area contributed by atoms with Crippen LogP contribution in [0.15, 0.2) is 18.6 Å². The van der Waals surface area contributed by atoms with Crippen molar-refractivity contribution in [3.8, 4) is 0 Å². The maximum atomic E-state index is 12.7. The second-order valence-corrected chi connectivity index (χ2v) is 5.28. The first-order valence-electron chi connectivity index (χ1n) is 6.57. The van der Waals surface area contributed by atoms with Crippen molar-refractivity contribution < 1.29 is 13.2 Å². The Morgan fingerprint density at radius 3 is 2.75 bits per heavy atom. The molecule has 2 aromatic rings. The van der Waals surface area contributed by atoms with Crippen LogP contribution in [0.4, 0.5) is 19.0 Å². The number of aromatic nitrogens is 3. The molecular weight excluding hydrogens is 269 g/mol. The van der Waals surface area contributed by atoms with Crippen molar-refractivity contribution in [1.29, 1.82) is 0 Å². The monoisotopic (exact) mass is 284 g/mol. The first-order chi connectivity index (χ1) is 9.45. The number of alkyl halides is 3. The molecule has 108 valence electrons. The fourth-order valence-electron chi connectivity index (χ4n) is 2.46. The fraction of sp³-hybridized carbons (Fsp3) is 0.538. The van der Waals surface area contributed by atoms with Gasteiger partial charge in [0.15, 0.2) is 17.2 Å². The summed E-state index contributed by atoms with van der Waals surface area (Å²) in [5.41, 5.74) is -0.634. The lowest BCUT2D eigenvalue weighted by molar-refractivity contribution is -0.140. The molecule has 1 aliphatic carbocycles. The standard InChI is InChI=1S/C13H15F3N4/c1-19(7-9-3-2-4-9)11-12-18-10(13(14,15)16)8-20(12)6-5-17-11/h5-6,8-9H,2-4,7H2,1H3. The van der Waals surface area contributed by atoms with E-state index in [9.17, 15) is 13.2 Å². The lowest BCUT2D eigenvalue weighted by atomic mass is 9.85. The Balaban J connectivity index is 1.95. The van der Waals surface area contributed by atoms with Crippen molar-refractivity contribution in [1.82, 2.24) is 14.4 Å². The average molecular weight is 284 g/mol. The first kappa shape index (κ1) is 13.2. The largest absolute Gasteiger partial charge is 0.434 e. The highest BCUT2D eigenvalue weighted by molar-refractivity contribution is 5.64. The van der Waals surface area contributed by atoms with E-state index >= 15 is 0 Å². The molecule has 0 aromatic carbocycles. The van der Waals surface area contributed by atoms with Crippen molar-refractivity contribution in [3.63, 3.8) is 0 Å². The zero-order valence-corrected chi connectivity index (χ0v) is 11.1. The van der Waals surface area contributed by atoms with Crippen molar-refractivity contribution >= 4 is 11.5 Å². The van der Waals surface area contributed by atoms with Crippen molar-refractivity contribution in [2.75, 3.05) is 18.5 Å². The van der Waals surface area contributed by atoms with Crippen LogP contribution in [-0.4, -0.2) is 28.0 Å². The molecule has 0 saturated heterocycles. The molecule has 1 aliphatic rings. The Morgan fingerprint density at radius 1 is 1.40 bits per heavy atom. The predicted octanol–water partition coefficient (Wildman–Crippen LogP) is 2.98. The molecule has 0 bridgehead atoms. The van der Waals surface area contributed by atoms with E-state index < -0.39 is 11.9 Å². The van der Waals surface area contributed by atoms with Gasteiger partial charge in [-0.3, -0.25) is 0 Å². The fourth-order valence-corrected chi connectivity index (χ4v) is 2.46. The van der Waals surface area contributed by atoms with E-state index in [2.05, 4.69) is 9.97 Å². The number of fused-ring (bicyclic) bond motifs is 1. The minimum atomic E-state index is -4.43. The highest BCUT2D eigenvalue weighted by Gasteiger charge is 2.34. The molecule has 0 unspecified atom stereocenters. The van der Waals surface area contributed by atoms with Gasteiger partial charge in [0.1, 0.15) is 0 Å². The molecular formula is C13H15F3N4. The molecule has 0 N–H and O–H groups in total. The second kappa shape index (κ2) is 4.64. The summed E-state index contributed by atoms with van der Waals surface area (Å²) >= 11 is 0. The normalized spacial score (nSPS) is 16.4. The smallest absolute Gasteiger partial charge is 0.356 e. The van der Waals surface area contributed by atoms with Gasteiger partial charge in [0.05, 0.1) is 0 Å². The summed E-state index contributed by atoms with van der Waals surface area (Å²) in [5.74, 6) is 1.11. The maximum Gasteiger partial charge on any atom is 0.434 e. The van der Waals surface area contributed by atoms with Gasteiger partial charge in [-0.25, -0.2) is 9.97 Å². The molecule has 0 atom stereocenters. The molecule has 0 aliphatic heterocycles. The van der Waals surface area contributed by atoms with E-state index in [-0.39, 0.29) is 5.65 Å². The molecule has 3 rings (SSSR count). The van der Waals surface area contributed by atoms with Crippen LogP contribution in [0.1, 0.15) is 25.0 Å². The van der Waals surface area contributed by atoms with E-state index in [1.165, 1.54) is 36.1 Å². The van der Waals surface area contributed by atoms with Gasteiger partial charge in [-0.05, 0) is 18.8 Å². The molecule has 1 fully saturated rings. The topological polar surface area (TPSA) is 33.4 Å². The molecule has 0 amide bonds. The number of rotatable bonds is 3. The highest BCUT2D eigenvalue weighted by Crippen LogP contribution is 2.31. The Kier molecular flexibility index (Phi) is 3.07. The van der Waals surface area contributed by atoms with E-state index in [1.807, 2.05) is 11.9 Å². The van der Waals surface area contributed by atoms with Gasteiger partial charge in [0, 0.05) is 32.2 Å². The zero-order chi connectivity index (χ0) is 14.3. The lowest BCUT2D eigenvalue weighted by Gasteiger charge is -2.30. The molecule has 2 heterocycles. The molecule has 4 nitrogen and oxygen atoms in total. The Morgan fingerprint density at radius 2 is 2.15 bits per heavy atom. The molecule has 1 saturated carbocycles. The number of hydrogen-bond donors (Lipinski definition) is 0. The van der Waals surface area contributed by atoms with Crippen molar-refractivity contribution in [3.05, 3.63) is 24.3 Å². The summed E-state index contributed by atoms with van der Waals surface area (Å²) in [4.78, 5) is 9.77. The number of hydrogen-bond acceptors (Lipinski definition) is 3. The van der Waals surface area contributed by atoms with E-state index in [4.69, 9.17) is 0 Å². The summed E-state index contributed by atoms with van der Waals surface area (Å²) in [6.07, 6.45) is 3.14. The van der Waals surface area contributed by atoms with Gasteiger partial charge in [0.25, 0.3) is 0 Å². The number of nitrogens with zero attached hydrogens (tertiary/aromatic N) is 4. The summed E-state index contributed by atoms with van der Waals surface area (Å²) in [6, 6.07) is 0. The lowest BCUT2D eigenvalue weighted by Crippen LogP contribution is -2.30.